The van der Waals surface area contributed by atoms with Gasteiger partial charge in [-0.1, -0.05) is 24.6 Å². The average molecular weight is 274 g/mol. The van der Waals surface area contributed by atoms with Gasteiger partial charge in [0.15, 0.2) is 0 Å². The maximum atomic E-state index is 12.7. The Morgan fingerprint density at radius 1 is 1.35 bits per heavy atom. The zero-order valence-electron chi connectivity index (χ0n) is 12.7. The number of carbonyl (C=O) groups is 1. The number of nitrogens with zero attached hydrogens (tertiary/aromatic N) is 1. The normalized spacial score (nSPS) is 14.9. The zero-order valence-corrected chi connectivity index (χ0v) is 12.7. The van der Waals surface area contributed by atoms with Crippen LogP contribution in [0.5, 0.6) is 0 Å². The van der Waals surface area contributed by atoms with Crippen LogP contribution < -0.4 is 5.32 Å². The molecule has 3 heteroatoms. The summed E-state index contributed by atoms with van der Waals surface area (Å²) in [7, 11) is 1.94. The Morgan fingerprint density at radius 3 is 2.70 bits per heavy atom. The molecule has 0 atom stereocenters. The smallest absolute Gasteiger partial charge is 0.254 e. The summed E-state index contributed by atoms with van der Waals surface area (Å²) in [5.41, 5.74) is 2.03. The largest absolute Gasteiger partial charge is 0.339 e. The Labute approximate surface area is 122 Å². The fourth-order valence-electron chi connectivity index (χ4n) is 2.72. The van der Waals surface area contributed by atoms with Crippen molar-refractivity contribution in [3.8, 4) is 0 Å². The van der Waals surface area contributed by atoms with Gasteiger partial charge in [0.1, 0.15) is 0 Å². The fourth-order valence-corrected chi connectivity index (χ4v) is 2.72. The van der Waals surface area contributed by atoms with Crippen LogP contribution in [-0.2, 0) is 6.42 Å². The van der Waals surface area contributed by atoms with Gasteiger partial charge >= 0.3 is 0 Å². The van der Waals surface area contributed by atoms with E-state index in [4.69, 9.17) is 0 Å². The summed E-state index contributed by atoms with van der Waals surface area (Å²) in [4.78, 5) is 14.8. The summed E-state index contributed by atoms with van der Waals surface area (Å²) >= 11 is 0. The fraction of sp³-hybridized carbons (Fsp3) is 0.588. The highest BCUT2D eigenvalue weighted by atomic mass is 16.2. The third kappa shape index (κ3) is 3.60. The highest BCUT2D eigenvalue weighted by Gasteiger charge is 2.24. The first-order valence-corrected chi connectivity index (χ1v) is 7.78. The minimum Gasteiger partial charge on any atom is -0.339 e. The van der Waals surface area contributed by atoms with E-state index in [0.29, 0.717) is 0 Å². The SMILES string of the molecule is CCN(CC1CCC1)C(=O)c1ccccc1CCNC. The van der Waals surface area contributed by atoms with Crippen LogP contribution in [0.3, 0.4) is 0 Å². The molecule has 1 aliphatic carbocycles. The van der Waals surface area contributed by atoms with Crippen molar-refractivity contribution in [1.82, 2.24) is 10.2 Å². The van der Waals surface area contributed by atoms with Crippen LogP contribution in [0, 0.1) is 5.92 Å². The molecule has 110 valence electrons. The van der Waals surface area contributed by atoms with Crippen molar-refractivity contribution in [2.24, 2.45) is 5.92 Å². The van der Waals surface area contributed by atoms with E-state index in [1.54, 1.807) is 0 Å². The maximum Gasteiger partial charge on any atom is 0.254 e. The lowest BCUT2D eigenvalue weighted by atomic mass is 9.85. The number of benzene rings is 1. The molecule has 0 aliphatic heterocycles. The molecule has 0 aromatic heterocycles. The van der Waals surface area contributed by atoms with Crippen molar-refractivity contribution in [2.45, 2.75) is 32.6 Å². The molecule has 0 saturated heterocycles. The molecular weight excluding hydrogens is 248 g/mol. The number of rotatable bonds is 7. The van der Waals surface area contributed by atoms with Gasteiger partial charge in [0.05, 0.1) is 0 Å². The molecule has 1 N–H and O–H groups in total. The second-order valence-corrected chi connectivity index (χ2v) is 5.65. The number of hydrogen-bond donors (Lipinski definition) is 1. The van der Waals surface area contributed by atoms with Gasteiger partial charge in [0.2, 0.25) is 0 Å². The topological polar surface area (TPSA) is 32.3 Å². The van der Waals surface area contributed by atoms with Gasteiger partial charge in [-0.25, -0.2) is 0 Å². The van der Waals surface area contributed by atoms with Crippen LogP contribution in [0.2, 0.25) is 0 Å². The number of amides is 1. The summed E-state index contributed by atoms with van der Waals surface area (Å²) in [5.74, 6) is 0.925. The summed E-state index contributed by atoms with van der Waals surface area (Å²) in [6.45, 7) is 4.71. The molecule has 0 radical (unpaired) electrons. The van der Waals surface area contributed by atoms with Gasteiger partial charge < -0.3 is 10.2 Å². The maximum absolute atomic E-state index is 12.7. The van der Waals surface area contributed by atoms with E-state index in [1.807, 2.05) is 30.1 Å². The first-order chi connectivity index (χ1) is 9.76. The van der Waals surface area contributed by atoms with Gasteiger partial charge in [-0.05, 0) is 57.3 Å². The third-order valence-corrected chi connectivity index (χ3v) is 4.26. The molecule has 1 saturated carbocycles. The van der Waals surface area contributed by atoms with Gasteiger partial charge in [-0.2, -0.15) is 0 Å². The molecule has 2 rings (SSSR count). The van der Waals surface area contributed by atoms with Crippen molar-refractivity contribution in [1.29, 1.82) is 0 Å². The van der Waals surface area contributed by atoms with Crippen LogP contribution >= 0.6 is 0 Å². The molecule has 0 unspecified atom stereocenters. The number of carbonyl (C=O) groups excluding carboxylic acids is 1. The van der Waals surface area contributed by atoms with Crippen molar-refractivity contribution in [2.75, 3.05) is 26.7 Å². The predicted octanol–water partition coefficient (Wildman–Crippen LogP) is 2.71. The minimum absolute atomic E-state index is 0.200. The Bertz CT molecular complexity index is 440. The first-order valence-electron chi connectivity index (χ1n) is 7.78. The number of hydrogen-bond acceptors (Lipinski definition) is 2. The lowest BCUT2D eigenvalue weighted by molar-refractivity contribution is 0.0705. The van der Waals surface area contributed by atoms with Crippen LogP contribution in [-0.4, -0.2) is 37.5 Å². The van der Waals surface area contributed by atoms with Gasteiger partial charge in [-0.3, -0.25) is 4.79 Å². The second-order valence-electron chi connectivity index (χ2n) is 5.65. The third-order valence-electron chi connectivity index (χ3n) is 4.26. The van der Waals surface area contributed by atoms with E-state index in [1.165, 1.54) is 19.3 Å². The average Bonchev–Trinajstić information content (AvgIpc) is 2.44. The van der Waals surface area contributed by atoms with Gasteiger partial charge in [-0.15, -0.1) is 0 Å². The van der Waals surface area contributed by atoms with Crippen molar-refractivity contribution in [3.05, 3.63) is 35.4 Å². The van der Waals surface area contributed by atoms with E-state index in [-0.39, 0.29) is 5.91 Å². The van der Waals surface area contributed by atoms with Gasteiger partial charge in [0.25, 0.3) is 5.91 Å². The van der Waals surface area contributed by atoms with Crippen molar-refractivity contribution < 1.29 is 4.79 Å². The molecule has 20 heavy (non-hydrogen) atoms. The molecule has 0 heterocycles. The summed E-state index contributed by atoms with van der Waals surface area (Å²) < 4.78 is 0. The van der Waals surface area contributed by atoms with Crippen LogP contribution in [0.1, 0.15) is 42.1 Å². The molecule has 1 aliphatic rings. The molecule has 0 spiro atoms. The van der Waals surface area contributed by atoms with Gasteiger partial charge in [0, 0.05) is 18.7 Å². The second kappa shape index (κ2) is 7.44. The lowest BCUT2D eigenvalue weighted by Gasteiger charge is -2.32. The number of likely N-dealkylation sites (N-methyl/N-ethyl adjacent to an activating group) is 1. The minimum atomic E-state index is 0.200. The standard InChI is InChI=1S/C17H26N2O/c1-3-19(13-14-7-6-8-14)17(20)16-10-5-4-9-15(16)11-12-18-2/h4-5,9-10,14,18H,3,6-8,11-13H2,1-2H3. The van der Waals surface area contributed by atoms with E-state index in [9.17, 15) is 4.79 Å². The van der Waals surface area contributed by atoms with Crippen LogP contribution in [0.25, 0.3) is 0 Å². The summed E-state index contributed by atoms with van der Waals surface area (Å²) in [5, 5.41) is 3.15. The molecule has 1 aromatic carbocycles. The van der Waals surface area contributed by atoms with Crippen molar-refractivity contribution >= 4 is 5.91 Å². The lowest BCUT2D eigenvalue weighted by Crippen LogP contribution is -2.37. The summed E-state index contributed by atoms with van der Waals surface area (Å²) in [6, 6.07) is 8.02. The molecule has 1 amide bonds. The Kier molecular flexibility index (Phi) is 5.60. The Hall–Kier alpha value is -1.35. The molecule has 1 fully saturated rings. The first kappa shape index (κ1) is 15.0. The monoisotopic (exact) mass is 274 g/mol. The summed E-state index contributed by atoms with van der Waals surface area (Å²) in [6.07, 6.45) is 4.80. The molecule has 1 aromatic rings. The molecule has 3 nitrogen and oxygen atoms in total. The van der Waals surface area contributed by atoms with Crippen LogP contribution in [0.15, 0.2) is 24.3 Å². The molecule has 0 bridgehead atoms. The van der Waals surface area contributed by atoms with Crippen molar-refractivity contribution in [3.63, 3.8) is 0 Å². The molecular formula is C17H26N2O. The highest BCUT2D eigenvalue weighted by molar-refractivity contribution is 5.95. The van der Waals surface area contributed by atoms with E-state index in [0.717, 1.165) is 43.1 Å². The van der Waals surface area contributed by atoms with E-state index in [2.05, 4.69) is 18.3 Å². The zero-order chi connectivity index (χ0) is 14.4. The Morgan fingerprint density at radius 2 is 2.10 bits per heavy atom. The van der Waals surface area contributed by atoms with E-state index >= 15 is 0 Å². The number of nitrogens with one attached hydrogen (secondary N) is 1. The quantitative estimate of drug-likeness (QED) is 0.829. The Balaban J connectivity index is 2.09. The van der Waals surface area contributed by atoms with E-state index < -0.39 is 0 Å². The van der Waals surface area contributed by atoms with Crippen LogP contribution in [0.4, 0.5) is 0 Å². The predicted molar refractivity (Wildman–Crippen MR) is 83.0 cm³/mol. The highest BCUT2D eigenvalue weighted by Crippen LogP contribution is 2.27.